The van der Waals surface area contributed by atoms with Crippen LogP contribution in [-0.4, -0.2) is 12.0 Å². The Morgan fingerprint density at radius 3 is 2.68 bits per heavy atom. The molecule has 0 heterocycles. The fourth-order valence-electron chi connectivity index (χ4n) is 1.97. The fraction of sp³-hybridized carbons (Fsp3) is 0.235. The summed E-state index contributed by atoms with van der Waals surface area (Å²) in [7, 11) is 0. The molecule has 0 aliphatic heterocycles. The predicted molar refractivity (Wildman–Crippen MR) is 85.9 cm³/mol. The monoisotopic (exact) mass is 321 g/mol. The molecule has 3 nitrogen and oxygen atoms in total. The zero-order valence-corrected chi connectivity index (χ0v) is 13.2. The first-order chi connectivity index (χ1) is 10.5. The molecule has 1 N–H and O–H groups in total. The van der Waals surface area contributed by atoms with E-state index in [1.165, 1.54) is 12.1 Å². The van der Waals surface area contributed by atoms with Crippen molar-refractivity contribution in [2.45, 2.75) is 26.4 Å². The summed E-state index contributed by atoms with van der Waals surface area (Å²) in [6.07, 6.45) is -0.366. The number of hydrogen-bond acceptors (Lipinski definition) is 2. The molecule has 0 fully saturated rings. The molecule has 22 heavy (non-hydrogen) atoms. The smallest absolute Gasteiger partial charge is 0.265 e. The van der Waals surface area contributed by atoms with E-state index >= 15 is 0 Å². The second-order valence-electron chi connectivity index (χ2n) is 4.85. The minimum absolute atomic E-state index is 0.0623. The van der Waals surface area contributed by atoms with Gasteiger partial charge >= 0.3 is 0 Å². The maximum absolute atomic E-state index is 13.6. The molecular formula is C17H17ClFNO2. The number of para-hydroxylation sites is 1. The molecule has 1 amide bonds. The third-order valence-corrected chi connectivity index (χ3v) is 3.70. The Morgan fingerprint density at radius 1 is 1.27 bits per heavy atom. The van der Waals surface area contributed by atoms with Crippen LogP contribution < -0.4 is 10.1 Å². The summed E-state index contributed by atoms with van der Waals surface area (Å²) >= 11 is 6.03. The number of hydrogen-bond donors (Lipinski definition) is 1. The van der Waals surface area contributed by atoms with Gasteiger partial charge in [-0.3, -0.25) is 4.79 Å². The Labute approximate surface area is 134 Å². The van der Waals surface area contributed by atoms with Gasteiger partial charge in [0.2, 0.25) is 0 Å². The lowest BCUT2D eigenvalue weighted by Gasteiger charge is -2.18. The first kappa shape index (κ1) is 16.3. The SMILES string of the molecule is CCC(Oc1ccccc1F)C(=O)Nc1cccc(Cl)c1C. The summed E-state index contributed by atoms with van der Waals surface area (Å²) in [5, 5.41) is 3.34. The first-order valence-electron chi connectivity index (χ1n) is 7.00. The van der Waals surface area contributed by atoms with Gasteiger partial charge in [-0.1, -0.05) is 36.7 Å². The lowest BCUT2D eigenvalue weighted by molar-refractivity contribution is -0.122. The highest BCUT2D eigenvalue weighted by Crippen LogP contribution is 2.24. The van der Waals surface area contributed by atoms with Gasteiger partial charge in [0, 0.05) is 10.7 Å². The van der Waals surface area contributed by atoms with E-state index in [9.17, 15) is 9.18 Å². The molecule has 1 atom stereocenters. The summed E-state index contributed by atoms with van der Waals surface area (Å²) in [5.74, 6) is -0.767. The Kier molecular flexibility index (Phi) is 5.39. The summed E-state index contributed by atoms with van der Waals surface area (Å²) in [4.78, 5) is 12.3. The van der Waals surface area contributed by atoms with Crippen molar-refractivity contribution in [1.82, 2.24) is 0 Å². The third kappa shape index (κ3) is 3.77. The van der Waals surface area contributed by atoms with E-state index in [0.29, 0.717) is 17.1 Å². The number of carbonyl (C=O) groups is 1. The highest BCUT2D eigenvalue weighted by Gasteiger charge is 2.20. The van der Waals surface area contributed by atoms with E-state index in [2.05, 4.69) is 5.32 Å². The Bertz CT molecular complexity index is 675. The van der Waals surface area contributed by atoms with E-state index in [-0.39, 0.29) is 11.7 Å². The van der Waals surface area contributed by atoms with Crippen LogP contribution in [0.25, 0.3) is 0 Å². The zero-order chi connectivity index (χ0) is 16.1. The summed E-state index contributed by atoms with van der Waals surface area (Å²) < 4.78 is 19.1. The van der Waals surface area contributed by atoms with Gasteiger partial charge < -0.3 is 10.1 Å². The van der Waals surface area contributed by atoms with Gasteiger partial charge in [0.25, 0.3) is 5.91 Å². The molecule has 0 aliphatic rings. The topological polar surface area (TPSA) is 38.3 Å². The quantitative estimate of drug-likeness (QED) is 0.875. The Morgan fingerprint density at radius 2 is 2.00 bits per heavy atom. The fourth-order valence-corrected chi connectivity index (χ4v) is 2.15. The van der Waals surface area contributed by atoms with Crippen molar-refractivity contribution >= 4 is 23.2 Å². The van der Waals surface area contributed by atoms with E-state index in [0.717, 1.165) is 5.56 Å². The van der Waals surface area contributed by atoms with Gasteiger partial charge in [-0.2, -0.15) is 0 Å². The van der Waals surface area contributed by atoms with Crippen molar-refractivity contribution < 1.29 is 13.9 Å². The average Bonchev–Trinajstić information content (AvgIpc) is 2.51. The Balaban J connectivity index is 2.12. The van der Waals surface area contributed by atoms with Crippen molar-refractivity contribution in [3.63, 3.8) is 0 Å². The van der Waals surface area contributed by atoms with Crippen LogP contribution in [0, 0.1) is 12.7 Å². The van der Waals surface area contributed by atoms with Crippen LogP contribution in [0.4, 0.5) is 10.1 Å². The highest BCUT2D eigenvalue weighted by atomic mass is 35.5. The van der Waals surface area contributed by atoms with Crippen molar-refractivity contribution in [1.29, 1.82) is 0 Å². The van der Waals surface area contributed by atoms with E-state index in [1.54, 1.807) is 37.3 Å². The van der Waals surface area contributed by atoms with E-state index < -0.39 is 11.9 Å². The predicted octanol–water partition coefficient (Wildman–Crippen LogP) is 4.58. The molecule has 0 spiro atoms. The van der Waals surface area contributed by atoms with Crippen LogP contribution in [-0.2, 0) is 4.79 Å². The number of nitrogens with one attached hydrogen (secondary N) is 1. The standard InChI is InChI=1S/C17H17ClFNO2/c1-3-15(22-16-10-5-4-8-13(16)19)17(21)20-14-9-6-7-12(18)11(14)2/h4-10,15H,3H2,1-2H3,(H,20,21). The molecule has 5 heteroatoms. The molecule has 0 saturated heterocycles. The zero-order valence-electron chi connectivity index (χ0n) is 12.4. The molecule has 2 aromatic rings. The maximum Gasteiger partial charge on any atom is 0.265 e. The van der Waals surface area contributed by atoms with Crippen molar-refractivity contribution in [3.8, 4) is 5.75 Å². The normalized spacial score (nSPS) is 11.8. The van der Waals surface area contributed by atoms with Crippen LogP contribution in [0.1, 0.15) is 18.9 Å². The molecule has 2 rings (SSSR count). The second kappa shape index (κ2) is 7.27. The summed E-state index contributed by atoms with van der Waals surface area (Å²) in [6, 6.07) is 11.3. The van der Waals surface area contributed by atoms with Crippen LogP contribution in [0.15, 0.2) is 42.5 Å². The van der Waals surface area contributed by atoms with Crippen LogP contribution >= 0.6 is 11.6 Å². The number of carbonyl (C=O) groups excluding carboxylic acids is 1. The third-order valence-electron chi connectivity index (χ3n) is 3.29. The number of halogens is 2. The lowest BCUT2D eigenvalue weighted by Crippen LogP contribution is -2.32. The minimum atomic E-state index is -0.782. The van der Waals surface area contributed by atoms with Gasteiger partial charge in [0.1, 0.15) is 0 Å². The van der Waals surface area contributed by atoms with Gasteiger partial charge in [0.15, 0.2) is 17.7 Å². The highest BCUT2D eigenvalue weighted by molar-refractivity contribution is 6.31. The lowest BCUT2D eigenvalue weighted by atomic mass is 10.2. The Hall–Kier alpha value is -2.07. The summed E-state index contributed by atoms with van der Waals surface area (Å²) in [5.41, 5.74) is 1.39. The minimum Gasteiger partial charge on any atom is -0.478 e. The van der Waals surface area contributed by atoms with Crippen LogP contribution in [0.3, 0.4) is 0 Å². The first-order valence-corrected chi connectivity index (χ1v) is 7.38. The van der Waals surface area contributed by atoms with Crippen LogP contribution in [0.5, 0.6) is 5.75 Å². The van der Waals surface area contributed by atoms with Gasteiger partial charge in [0.05, 0.1) is 0 Å². The second-order valence-corrected chi connectivity index (χ2v) is 5.25. The molecule has 2 aromatic carbocycles. The number of ether oxygens (including phenoxy) is 1. The molecule has 116 valence electrons. The molecule has 0 saturated carbocycles. The molecular weight excluding hydrogens is 305 g/mol. The largest absolute Gasteiger partial charge is 0.478 e. The average molecular weight is 322 g/mol. The summed E-state index contributed by atoms with van der Waals surface area (Å²) in [6.45, 7) is 3.62. The van der Waals surface area contributed by atoms with E-state index in [1.807, 2.05) is 6.92 Å². The molecule has 0 aromatic heterocycles. The number of anilines is 1. The van der Waals surface area contributed by atoms with Crippen LogP contribution in [0.2, 0.25) is 5.02 Å². The van der Waals surface area contributed by atoms with Gasteiger partial charge in [-0.05, 0) is 43.2 Å². The number of benzene rings is 2. The maximum atomic E-state index is 13.6. The van der Waals surface area contributed by atoms with Gasteiger partial charge in [-0.15, -0.1) is 0 Å². The molecule has 0 aliphatic carbocycles. The number of rotatable bonds is 5. The number of amides is 1. The molecule has 0 bridgehead atoms. The molecule has 1 unspecified atom stereocenters. The van der Waals surface area contributed by atoms with Crippen molar-refractivity contribution in [3.05, 3.63) is 58.9 Å². The van der Waals surface area contributed by atoms with Crippen molar-refractivity contribution in [2.24, 2.45) is 0 Å². The molecule has 0 radical (unpaired) electrons. The van der Waals surface area contributed by atoms with Gasteiger partial charge in [-0.25, -0.2) is 4.39 Å². The van der Waals surface area contributed by atoms with Crippen molar-refractivity contribution in [2.75, 3.05) is 5.32 Å². The van der Waals surface area contributed by atoms with E-state index in [4.69, 9.17) is 16.3 Å².